The van der Waals surface area contributed by atoms with Crippen LogP contribution in [0.25, 0.3) is 5.70 Å². The molecular weight excluding hydrogens is 532 g/mol. The van der Waals surface area contributed by atoms with Gasteiger partial charge < -0.3 is 24.6 Å². The van der Waals surface area contributed by atoms with E-state index < -0.39 is 0 Å². The lowest BCUT2D eigenvalue weighted by molar-refractivity contribution is -0.133. The molecule has 1 amide bonds. The topological polar surface area (TPSA) is 101 Å². The van der Waals surface area contributed by atoms with Crippen LogP contribution >= 0.6 is 0 Å². The maximum Gasteiger partial charge on any atom is 0.271 e. The minimum atomic E-state index is -0.166. The number of amides is 1. The Morgan fingerprint density at radius 2 is 1.90 bits per heavy atom. The summed E-state index contributed by atoms with van der Waals surface area (Å²) in [4.78, 5) is 29.3. The summed E-state index contributed by atoms with van der Waals surface area (Å²) in [5.74, 6) is 1.96. The van der Waals surface area contributed by atoms with Crippen LogP contribution in [0.5, 0.6) is 5.75 Å². The molecule has 11 nitrogen and oxygen atoms in total. The number of morpholine rings is 1. The van der Waals surface area contributed by atoms with Gasteiger partial charge in [-0.2, -0.15) is 5.10 Å². The van der Waals surface area contributed by atoms with Gasteiger partial charge in [-0.3, -0.25) is 14.7 Å². The number of pyridine rings is 2. The third-order valence-electron chi connectivity index (χ3n) is 9.08. The number of rotatable bonds is 5. The van der Waals surface area contributed by atoms with E-state index in [9.17, 15) is 4.79 Å². The van der Waals surface area contributed by atoms with Gasteiger partial charge in [-0.1, -0.05) is 6.58 Å². The Balaban J connectivity index is 1.01. The average molecular weight is 571 g/mol. The number of likely N-dealkylation sites (tertiary alicyclic amines) is 2. The van der Waals surface area contributed by atoms with Gasteiger partial charge in [-0.05, 0) is 58.0 Å². The molecule has 0 aliphatic carbocycles. The zero-order valence-corrected chi connectivity index (χ0v) is 24.3. The predicted molar refractivity (Wildman–Crippen MR) is 160 cm³/mol. The molecule has 220 valence electrons. The summed E-state index contributed by atoms with van der Waals surface area (Å²) in [5.41, 5.74) is 5.55. The first-order valence-corrected chi connectivity index (χ1v) is 15.0. The summed E-state index contributed by atoms with van der Waals surface area (Å²) >= 11 is 0. The van der Waals surface area contributed by atoms with Crippen molar-refractivity contribution in [2.24, 2.45) is 0 Å². The van der Waals surface area contributed by atoms with Gasteiger partial charge in [-0.25, -0.2) is 9.67 Å². The SMILES string of the molecule is C=C(C(=O)N1CC(N2CCC(c3cc4c(c(C)n3)O[C@H](C)c3c(N5CCOCC5)ccnc3N4)CC2)C1)n1cccn1. The molecule has 0 aromatic carbocycles. The van der Waals surface area contributed by atoms with Gasteiger partial charge in [0.15, 0.2) is 5.75 Å². The molecule has 0 radical (unpaired) electrons. The van der Waals surface area contributed by atoms with Crippen molar-refractivity contribution in [1.29, 1.82) is 0 Å². The van der Waals surface area contributed by atoms with Crippen molar-refractivity contribution in [2.45, 2.75) is 44.8 Å². The summed E-state index contributed by atoms with van der Waals surface area (Å²) < 4.78 is 13.7. The van der Waals surface area contributed by atoms with Crippen LogP contribution in [0.15, 0.2) is 43.4 Å². The molecule has 3 aromatic rings. The molecule has 42 heavy (non-hydrogen) atoms. The van der Waals surface area contributed by atoms with E-state index in [1.54, 1.807) is 18.5 Å². The highest BCUT2D eigenvalue weighted by atomic mass is 16.5. The van der Waals surface area contributed by atoms with Gasteiger partial charge in [-0.15, -0.1) is 0 Å². The Bertz CT molecular complexity index is 1470. The zero-order chi connectivity index (χ0) is 28.8. The highest BCUT2D eigenvalue weighted by Crippen LogP contribution is 2.44. The number of aryl methyl sites for hydroxylation is 1. The van der Waals surface area contributed by atoms with Gasteiger partial charge in [0.2, 0.25) is 0 Å². The summed E-state index contributed by atoms with van der Waals surface area (Å²) in [6.45, 7) is 14.7. The minimum absolute atomic E-state index is 0.0494. The molecule has 0 saturated carbocycles. The fraction of sp³-hybridized carbons (Fsp3) is 0.484. The lowest BCUT2D eigenvalue weighted by Crippen LogP contribution is -2.62. The molecule has 1 atom stereocenters. The van der Waals surface area contributed by atoms with Crippen LogP contribution < -0.4 is 15.0 Å². The van der Waals surface area contributed by atoms with Crippen molar-refractivity contribution in [3.63, 3.8) is 0 Å². The normalized spacial score (nSPS) is 21.4. The maximum absolute atomic E-state index is 12.8. The highest BCUT2D eigenvalue weighted by Gasteiger charge is 2.38. The molecular formula is C31H38N8O3. The number of ether oxygens (including phenoxy) is 2. The number of hydrogen-bond acceptors (Lipinski definition) is 9. The Labute approximate surface area is 246 Å². The third-order valence-corrected chi connectivity index (χ3v) is 9.08. The van der Waals surface area contributed by atoms with Gasteiger partial charge in [0.05, 0.1) is 30.2 Å². The van der Waals surface area contributed by atoms with E-state index in [1.165, 1.54) is 4.68 Å². The summed E-state index contributed by atoms with van der Waals surface area (Å²) in [5, 5.41) is 7.75. The number of carbonyl (C=O) groups is 1. The molecule has 7 heterocycles. The standard InChI is InChI=1S/C31H38N8O3/c1-20-29-26(35-30-28(22(3)42-29)27(5-9-32-30)37-13-15-41-16-14-37)17-25(34-20)23-6-11-36(12-7-23)24-18-38(19-24)31(40)21(2)39-10-4-8-33-39/h4-5,8-10,17,22-24H,2,6-7,11-16,18-19H2,1,3H3,(H,32,35)/t22-/m1/s1. The van der Waals surface area contributed by atoms with E-state index in [2.05, 4.69) is 45.9 Å². The van der Waals surface area contributed by atoms with Gasteiger partial charge in [0.1, 0.15) is 17.6 Å². The van der Waals surface area contributed by atoms with Crippen LogP contribution in [0.3, 0.4) is 0 Å². The van der Waals surface area contributed by atoms with E-state index in [-0.39, 0.29) is 12.0 Å². The number of fused-ring (bicyclic) bond motifs is 2. The summed E-state index contributed by atoms with van der Waals surface area (Å²) in [6, 6.07) is 6.43. The van der Waals surface area contributed by atoms with E-state index in [0.29, 0.717) is 17.7 Å². The van der Waals surface area contributed by atoms with Crippen molar-refractivity contribution in [2.75, 3.05) is 62.7 Å². The molecule has 11 heteroatoms. The van der Waals surface area contributed by atoms with E-state index in [0.717, 1.165) is 105 Å². The monoisotopic (exact) mass is 570 g/mol. The summed E-state index contributed by atoms with van der Waals surface area (Å²) in [6.07, 6.45) is 7.18. The Morgan fingerprint density at radius 1 is 1.12 bits per heavy atom. The average Bonchev–Trinajstić information content (AvgIpc) is 3.48. The number of hydrogen-bond donors (Lipinski definition) is 1. The minimum Gasteiger partial charge on any atom is -0.482 e. The number of aromatic nitrogens is 4. The molecule has 0 unspecified atom stereocenters. The van der Waals surface area contributed by atoms with E-state index in [4.69, 9.17) is 19.4 Å². The van der Waals surface area contributed by atoms with Crippen LogP contribution in [0, 0.1) is 6.92 Å². The molecule has 0 spiro atoms. The lowest BCUT2D eigenvalue weighted by atomic mass is 9.90. The maximum atomic E-state index is 12.8. The van der Waals surface area contributed by atoms with Crippen LogP contribution in [0.1, 0.15) is 48.7 Å². The van der Waals surface area contributed by atoms with E-state index >= 15 is 0 Å². The Hall–Kier alpha value is -3.96. The highest BCUT2D eigenvalue weighted by molar-refractivity contribution is 6.12. The second-order valence-electron chi connectivity index (χ2n) is 11.7. The molecule has 4 aliphatic rings. The first kappa shape index (κ1) is 26.9. The lowest BCUT2D eigenvalue weighted by Gasteiger charge is -2.47. The summed E-state index contributed by atoms with van der Waals surface area (Å²) in [7, 11) is 0. The zero-order valence-electron chi connectivity index (χ0n) is 24.3. The molecule has 7 rings (SSSR count). The molecule has 1 N–H and O–H groups in total. The van der Waals surface area contributed by atoms with Crippen molar-refractivity contribution >= 4 is 28.8 Å². The largest absolute Gasteiger partial charge is 0.482 e. The molecule has 3 saturated heterocycles. The predicted octanol–water partition coefficient (Wildman–Crippen LogP) is 3.58. The first-order chi connectivity index (χ1) is 20.5. The fourth-order valence-electron chi connectivity index (χ4n) is 6.66. The van der Waals surface area contributed by atoms with E-state index in [1.807, 2.05) is 18.0 Å². The van der Waals surface area contributed by atoms with Crippen LogP contribution in [-0.4, -0.2) is 94.0 Å². The van der Waals surface area contributed by atoms with Gasteiger partial charge >= 0.3 is 0 Å². The second kappa shape index (κ2) is 11.0. The molecule has 4 aliphatic heterocycles. The smallest absolute Gasteiger partial charge is 0.271 e. The van der Waals surface area contributed by atoms with Crippen molar-refractivity contribution in [1.82, 2.24) is 29.5 Å². The van der Waals surface area contributed by atoms with Gasteiger partial charge in [0.25, 0.3) is 5.91 Å². The fourth-order valence-corrected chi connectivity index (χ4v) is 6.66. The molecule has 3 fully saturated rings. The quantitative estimate of drug-likeness (QED) is 0.462. The number of anilines is 3. The van der Waals surface area contributed by atoms with Crippen LogP contribution in [0.2, 0.25) is 0 Å². The van der Waals surface area contributed by atoms with Crippen molar-refractivity contribution < 1.29 is 14.3 Å². The third kappa shape index (κ3) is 4.90. The number of nitrogens with one attached hydrogen (secondary N) is 1. The van der Waals surface area contributed by atoms with Gasteiger partial charge in [0, 0.05) is 68.1 Å². The van der Waals surface area contributed by atoms with Crippen LogP contribution in [-0.2, 0) is 9.53 Å². The Kier molecular flexibility index (Phi) is 7.07. The number of carbonyl (C=O) groups excluding carboxylic acids is 1. The second-order valence-corrected chi connectivity index (χ2v) is 11.7. The van der Waals surface area contributed by atoms with Crippen LogP contribution in [0.4, 0.5) is 17.2 Å². The first-order valence-electron chi connectivity index (χ1n) is 15.0. The molecule has 0 bridgehead atoms. The van der Waals surface area contributed by atoms with Crippen molar-refractivity contribution in [3.05, 3.63) is 60.3 Å². The number of nitrogens with zero attached hydrogens (tertiary/aromatic N) is 7. The Morgan fingerprint density at radius 3 is 2.64 bits per heavy atom. The van der Waals surface area contributed by atoms with Crippen molar-refractivity contribution in [3.8, 4) is 5.75 Å². The molecule has 3 aromatic heterocycles. The number of piperidine rings is 1.